The van der Waals surface area contributed by atoms with Gasteiger partial charge in [-0.25, -0.2) is 0 Å². The number of hydrogen-bond donors (Lipinski definition) is 1. The maximum Gasteiger partial charge on any atom is 0.225 e. The smallest absolute Gasteiger partial charge is 0.225 e. The highest BCUT2D eigenvalue weighted by molar-refractivity contribution is 6.44. The molecule has 0 saturated carbocycles. The van der Waals surface area contributed by atoms with Gasteiger partial charge in [0.25, 0.3) is 0 Å². The molecule has 0 fully saturated rings. The van der Waals surface area contributed by atoms with Crippen molar-refractivity contribution in [2.75, 3.05) is 5.32 Å². The highest BCUT2D eigenvalue weighted by Gasteiger charge is 2.19. The summed E-state index contributed by atoms with van der Waals surface area (Å²) >= 11 is 18.1. The van der Waals surface area contributed by atoms with Crippen molar-refractivity contribution in [3.8, 4) is 0 Å². The molecule has 1 N–H and O–H groups in total. The van der Waals surface area contributed by atoms with Crippen LogP contribution in [0.25, 0.3) is 0 Å². The van der Waals surface area contributed by atoms with Crippen LogP contribution in [0.4, 0.5) is 5.69 Å². The lowest BCUT2D eigenvalue weighted by atomic mass is 9.88. The molecule has 0 spiro atoms. The molecule has 0 atom stereocenters. The zero-order valence-corrected chi connectivity index (χ0v) is 16.0. The Morgan fingerprint density at radius 1 is 0.769 bits per heavy atom. The Bertz CT molecular complexity index is 858. The van der Waals surface area contributed by atoms with Gasteiger partial charge in [0, 0.05) is 12.3 Å². The zero-order chi connectivity index (χ0) is 18.5. The molecule has 0 aliphatic heterocycles. The minimum atomic E-state index is -0.150. The average Bonchev–Trinajstić information content (AvgIpc) is 2.65. The molecule has 0 saturated heterocycles. The van der Waals surface area contributed by atoms with E-state index in [1.807, 2.05) is 60.7 Å². The van der Waals surface area contributed by atoms with Gasteiger partial charge < -0.3 is 5.32 Å². The molecule has 3 rings (SSSR count). The van der Waals surface area contributed by atoms with E-state index in [-0.39, 0.29) is 18.2 Å². The Morgan fingerprint density at radius 3 is 1.81 bits per heavy atom. The number of benzene rings is 3. The van der Waals surface area contributed by atoms with Crippen LogP contribution in [-0.4, -0.2) is 5.91 Å². The third-order valence-electron chi connectivity index (χ3n) is 4.08. The monoisotopic (exact) mass is 403 g/mol. The molecule has 26 heavy (non-hydrogen) atoms. The van der Waals surface area contributed by atoms with Crippen molar-refractivity contribution in [3.05, 3.63) is 99.0 Å². The van der Waals surface area contributed by atoms with Crippen molar-refractivity contribution in [2.45, 2.75) is 12.3 Å². The minimum Gasteiger partial charge on any atom is -0.325 e. The summed E-state index contributed by atoms with van der Waals surface area (Å²) in [6.07, 6.45) is 0.282. The van der Waals surface area contributed by atoms with Crippen molar-refractivity contribution in [3.63, 3.8) is 0 Å². The normalized spacial score (nSPS) is 10.8. The molecule has 0 bridgehead atoms. The number of anilines is 1. The average molecular weight is 405 g/mol. The first-order valence-corrected chi connectivity index (χ1v) is 9.22. The van der Waals surface area contributed by atoms with E-state index in [0.717, 1.165) is 11.1 Å². The van der Waals surface area contributed by atoms with Crippen LogP contribution in [0, 0.1) is 0 Å². The fourth-order valence-electron chi connectivity index (χ4n) is 2.80. The first-order valence-electron chi connectivity index (χ1n) is 8.09. The van der Waals surface area contributed by atoms with Crippen molar-refractivity contribution >= 4 is 46.4 Å². The van der Waals surface area contributed by atoms with E-state index in [4.69, 9.17) is 34.8 Å². The third kappa shape index (κ3) is 4.59. The summed E-state index contributed by atoms with van der Waals surface area (Å²) in [6, 6.07) is 23.0. The van der Waals surface area contributed by atoms with E-state index in [9.17, 15) is 4.79 Å². The highest BCUT2D eigenvalue weighted by Crippen LogP contribution is 2.33. The summed E-state index contributed by atoms with van der Waals surface area (Å²) in [4.78, 5) is 12.7. The van der Waals surface area contributed by atoms with Crippen LogP contribution in [0.2, 0.25) is 15.1 Å². The van der Waals surface area contributed by atoms with E-state index in [2.05, 4.69) is 5.32 Å². The second-order valence-electron chi connectivity index (χ2n) is 5.87. The summed E-state index contributed by atoms with van der Waals surface area (Å²) in [5.74, 6) is -0.207. The molecule has 0 radical (unpaired) electrons. The van der Waals surface area contributed by atoms with Crippen molar-refractivity contribution in [2.24, 2.45) is 0 Å². The number of nitrogens with one attached hydrogen (secondary N) is 1. The Hall–Kier alpha value is -2.00. The Balaban J connectivity index is 1.83. The van der Waals surface area contributed by atoms with Crippen LogP contribution in [0.15, 0.2) is 72.8 Å². The predicted molar refractivity (Wildman–Crippen MR) is 109 cm³/mol. The maximum absolute atomic E-state index is 12.7. The summed E-state index contributed by atoms with van der Waals surface area (Å²) in [5, 5.41) is 3.87. The number of halogens is 3. The van der Waals surface area contributed by atoms with E-state index in [1.165, 1.54) is 6.07 Å². The molecule has 0 aliphatic carbocycles. The zero-order valence-electron chi connectivity index (χ0n) is 13.8. The molecule has 0 unspecified atom stereocenters. The standard InChI is InChI=1S/C21H16Cl3NO/c22-17-12-19(24)20(13-18(17)23)25-21(26)11-16(14-7-3-1-4-8-14)15-9-5-2-6-10-15/h1-10,12-13,16H,11H2,(H,25,26). The molecule has 2 nitrogen and oxygen atoms in total. The van der Waals surface area contributed by atoms with E-state index < -0.39 is 0 Å². The van der Waals surface area contributed by atoms with Gasteiger partial charge in [0.15, 0.2) is 0 Å². The van der Waals surface area contributed by atoms with Crippen molar-refractivity contribution < 1.29 is 4.79 Å². The van der Waals surface area contributed by atoms with Gasteiger partial charge >= 0.3 is 0 Å². The van der Waals surface area contributed by atoms with Gasteiger partial charge in [0.05, 0.1) is 20.8 Å². The fourth-order valence-corrected chi connectivity index (χ4v) is 3.40. The number of hydrogen-bond acceptors (Lipinski definition) is 1. The number of rotatable bonds is 5. The Labute approximate surface area is 167 Å². The first-order chi connectivity index (χ1) is 12.5. The molecule has 0 aromatic heterocycles. The molecule has 1 amide bonds. The molecular weight excluding hydrogens is 389 g/mol. The van der Waals surface area contributed by atoms with Crippen LogP contribution >= 0.6 is 34.8 Å². The molecule has 3 aromatic rings. The fraction of sp³-hybridized carbons (Fsp3) is 0.0952. The van der Waals surface area contributed by atoms with Gasteiger partial charge in [0.2, 0.25) is 5.91 Å². The van der Waals surface area contributed by atoms with Gasteiger partial charge in [-0.1, -0.05) is 95.5 Å². The molecule has 132 valence electrons. The molecule has 5 heteroatoms. The third-order valence-corrected chi connectivity index (χ3v) is 5.11. The van der Waals surface area contributed by atoms with E-state index >= 15 is 0 Å². The Kier molecular flexibility index (Phi) is 6.20. The predicted octanol–water partition coefficient (Wildman–Crippen LogP) is 6.81. The second kappa shape index (κ2) is 8.59. The lowest BCUT2D eigenvalue weighted by Crippen LogP contribution is -2.16. The number of amides is 1. The van der Waals surface area contributed by atoms with Gasteiger partial charge in [0.1, 0.15) is 0 Å². The van der Waals surface area contributed by atoms with Gasteiger partial charge in [-0.3, -0.25) is 4.79 Å². The Morgan fingerprint density at radius 2 is 1.27 bits per heavy atom. The van der Waals surface area contributed by atoms with Crippen LogP contribution in [0.3, 0.4) is 0 Å². The topological polar surface area (TPSA) is 29.1 Å². The molecule has 3 aromatic carbocycles. The van der Waals surface area contributed by atoms with E-state index in [1.54, 1.807) is 6.07 Å². The van der Waals surface area contributed by atoms with Gasteiger partial charge in [-0.05, 0) is 23.3 Å². The molecule has 0 heterocycles. The summed E-state index contributed by atoms with van der Waals surface area (Å²) in [7, 11) is 0. The van der Waals surface area contributed by atoms with E-state index in [0.29, 0.717) is 20.8 Å². The minimum absolute atomic E-state index is 0.0565. The molecular formula is C21H16Cl3NO. The number of carbonyl (C=O) groups excluding carboxylic acids is 1. The lowest BCUT2D eigenvalue weighted by molar-refractivity contribution is -0.116. The van der Waals surface area contributed by atoms with Crippen LogP contribution < -0.4 is 5.32 Å². The van der Waals surface area contributed by atoms with Crippen LogP contribution in [-0.2, 0) is 4.79 Å². The SMILES string of the molecule is O=C(CC(c1ccccc1)c1ccccc1)Nc1cc(Cl)c(Cl)cc1Cl. The van der Waals surface area contributed by atoms with Crippen LogP contribution in [0.1, 0.15) is 23.5 Å². The lowest BCUT2D eigenvalue weighted by Gasteiger charge is -2.18. The van der Waals surface area contributed by atoms with Gasteiger partial charge in [-0.15, -0.1) is 0 Å². The summed E-state index contributed by atoms with van der Waals surface area (Å²) in [6.45, 7) is 0. The van der Waals surface area contributed by atoms with Crippen molar-refractivity contribution in [1.29, 1.82) is 0 Å². The largest absolute Gasteiger partial charge is 0.325 e. The quantitative estimate of drug-likeness (QED) is 0.465. The van der Waals surface area contributed by atoms with Gasteiger partial charge in [-0.2, -0.15) is 0 Å². The van der Waals surface area contributed by atoms with Crippen molar-refractivity contribution in [1.82, 2.24) is 0 Å². The highest BCUT2D eigenvalue weighted by atomic mass is 35.5. The first kappa shape index (κ1) is 18.8. The summed E-state index contributed by atoms with van der Waals surface area (Å²) in [5.41, 5.74) is 2.61. The second-order valence-corrected chi connectivity index (χ2v) is 7.09. The van der Waals surface area contributed by atoms with Crippen LogP contribution in [0.5, 0.6) is 0 Å². The number of carbonyl (C=O) groups is 1. The molecule has 0 aliphatic rings. The summed E-state index contributed by atoms with van der Waals surface area (Å²) < 4.78 is 0. The maximum atomic E-state index is 12.7.